The van der Waals surface area contributed by atoms with Gasteiger partial charge in [-0.05, 0) is 18.2 Å². The molecule has 11 heteroatoms. The minimum absolute atomic E-state index is 0.138. The Bertz CT molecular complexity index is 1170. The number of nitrogen functional groups attached to an aromatic ring is 1. The van der Waals surface area contributed by atoms with E-state index in [9.17, 15) is 4.39 Å². The molecule has 9 nitrogen and oxygen atoms in total. The number of nitrogens with one attached hydrogen (secondary N) is 1. The second kappa shape index (κ2) is 7.43. The molecule has 150 valence electrons. The Balaban J connectivity index is 1.67. The van der Waals surface area contributed by atoms with Crippen molar-refractivity contribution >= 4 is 39.1 Å². The van der Waals surface area contributed by atoms with E-state index in [1.807, 2.05) is 0 Å². The van der Waals surface area contributed by atoms with Crippen molar-refractivity contribution < 1.29 is 18.6 Å². The lowest BCUT2D eigenvalue weighted by atomic mass is 10.2. The number of benzene rings is 2. The predicted octanol–water partition coefficient (Wildman–Crippen LogP) is 3.37. The maximum absolute atomic E-state index is 13.4. The Morgan fingerprint density at radius 2 is 1.76 bits per heavy atom. The number of methoxy groups -OCH3 is 3. The van der Waals surface area contributed by atoms with Gasteiger partial charge in [-0.3, -0.25) is 0 Å². The van der Waals surface area contributed by atoms with Crippen LogP contribution in [0.1, 0.15) is 0 Å². The SMILES string of the molecule is COc1cc(Nc2nc(N)n(-c3nc4ccc(F)cc4s3)n2)cc(OC)c1OC. The third kappa shape index (κ3) is 3.47. The summed E-state index contributed by atoms with van der Waals surface area (Å²) in [7, 11) is 4.59. The summed E-state index contributed by atoms with van der Waals surface area (Å²) in [6.07, 6.45) is 0. The van der Waals surface area contributed by atoms with Gasteiger partial charge in [0.2, 0.25) is 22.8 Å². The van der Waals surface area contributed by atoms with E-state index >= 15 is 0 Å². The Labute approximate surface area is 168 Å². The first kappa shape index (κ1) is 18.7. The average molecular weight is 416 g/mol. The number of hydrogen-bond acceptors (Lipinski definition) is 9. The molecular weight excluding hydrogens is 399 g/mol. The van der Waals surface area contributed by atoms with Gasteiger partial charge >= 0.3 is 0 Å². The van der Waals surface area contributed by atoms with Gasteiger partial charge in [0.15, 0.2) is 11.5 Å². The standard InChI is InChI=1S/C18H17FN6O3S/c1-26-12-7-10(8-13(27-2)15(12)28-3)21-17-23-16(20)25(24-17)18-22-11-5-4-9(19)6-14(11)29-18/h4-8H,1-3H3,(H3,20,21,23,24). The minimum atomic E-state index is -0.330. The van der Waals surface area contributed by atoms with E-state index in [0.29, 0.717) is 38.3 Å². The lowest BCUT2D eigenvalue weighted by Gasteiger charge is -2.14. The molecule has 4 aromatic rings. The average Bonchev–Trinajstić information content (AvgIpc) is 3.29. The smallest absolute Gasteiger partial charge is 0.248 e. The van der Waals surface area contributed by atoms with Gasteiger partial charge in [-0.15, -0.1) is 5.10 Å². The summed E-state index contributed by atoms with van der Waals surface area (Å²) in [5.74, 6) is 1.50. The molecule has 0 aliphatic rings. The molecule has 29 heavy (non-hydrogen) atoms. The molecule has 2 heterocycles. The molecule has 0 spiro atoms. The third-order valence-corrected chi connectivity index (χ3v) is 5.07. The van der Waals surface area contributed by atoms with Gasteiger partial charge in [0.1, 0.15) is 5.82 Å². The lowest BCUT2D eigenvalue weighted by molar-refractivity contribution is 0.324. The minimum Gasteiger partial charge on any atom is -0.493 e. The Kier molecular flexibility index (Phi) is 4.80. The molecule has 2 aromatic heterocycles. The lowest BCUT2D eigenvalue weighted by Crippen LogP contribution is -2.02. The zero-order valence-corrected chi connectivity index (χ0v) is 16.6. The molecule has 0 aliphatic heterocycles. The molecule has 0 saturated carbocycles. The number of aromatic nitrogens is 4. The van der Waals surface area contributed by atoms with Crippen molar-refractivity contribution in [2.75, 3.05) is 32.4 Å². The number of fused-ring (bicyclic) bond motifs is 1. The summed E-state index contributed by atoms with van der Waals surface area (Å²) in [6, 6.07) is 7.82. The van der Waals surface area contributed by atoms with Gasteiger partial charge < -0.3 is 25.3 Å². The quantitative estimate of drug-likeness (QED) is 0.492. The fourth-order valence-corrected chi connectivity index (χ4v) is 3.73. The largest absolute Gasteiger partial charge is 0.493 e. The maximum atomic E-state index is 13.4. The number of nitrogens with zero attached hydrogens (tertiary/aromatic N) is 4. The van der Waals surface area contributed by atoms with Gasteiger partial charge in [-0.2, -0.15) is 9.67 Å². The van der Waals surface area contributed by atoms with E-state index in [4.69, 9.17) is 19.9 Å². The predicted molar refractivity (Wildman–Crippen MR) is 108 cm³/mol. The third-order valence-electron chi connectivity index (χ3n) is 4.07. The van der Waals surface area contributed by atoms with Crippen molar-refractivity contribution in [3.05, 3.63) is 36.1 Å². The van der Waals surface area contributed by atoms with Crippen molar-refractivity contribution in [2.45, 2.75) is 0 Å². The van der Waals surface area contributed by atoms with Crippen LogP contribution in [0.25, 0.3) is 15.3 Å². The summed E-state index contributed by atoms with van der Waals surface area (Å²) in [4.78, 5) is 8.65. The van der Waals surface area contributed by atoms with Crippen LogP contribution in [0.3, 0.4) is 0 Å². The van der Waals surface area contributed by atoms with Crippen molar-refractivity contribution in [1.29, 1.82) is 0 Å². The van der Waals surface area contributed by atoms with E-state index in [2.05, 4.69) is 20.4 Å². The van der Waals surface area contributed by atoms with Gasteiger partial charge in [-0.1, -0.05) is 11.3 Å². The van der Waals surface area contributed by atoms with E-state index in [0.717, 1.165) is 0 Å². The monoisotopic (exact) mass is 416 g/mol. The molecule has 0 fully saturated rings. The molecular formula is C18H17FN6O3S. The van der Waals surface area contributed by atoms with Crippen LogP contribution < -0.4 is 25.3 Å². The Morgan fingerprint density at radius 1 is 1.03 bits per heavy atom. The first-order chi connectivity index (χ1) is 14.0. The zero-order valence-electron chi connectivity index (χ0n) is 15.8. The first-order valence-corrected chi connectivity index (χ1v) is 9.20. The van der Waals surface area contributed by atoms with Crippen LogP contribution in [0.2, 0.25) is 0 Å². The van der Waals surface area contributed by atoms with Crippen LogP contribution in [0.15, 0.2) is 30.3 Å². The molecule has 0 aliphatic carbocycles. The van der Waals surface area contributed by atoms with Crippen molar-refractivity contribution in [3.8, 4) is 22.4 Å². The van der Waals surface area contributed by atoms with Gasteiger partial charge in [0, 0.05) is 17.8 Å². The van der Waals surface area contributed by atoms with Gasteiger partial charge in [0.25, 0.3) is 0 Å². The molecule has 0 bridgehead atoms. The van der Waals surface area contributed by atoms with E-state index in [1.54, 1.807) is 18.2 Å². The van der Waals surface area contributed by atoms with Crippen molar-refractivity contribution in [2.24, 2.45) is 0 Å². The number of nitrogens with two attached hydrogens (primary N) is 1. The summed E-state index contributed by atoms with van der Waals surface area (Å²) in [6.45, 7) is 0. The zero-order chi connectivity index (χ0) is 20.5. The number of ether oxygens (including phenoxy) is 3. The summed E-state index contributed by atoms with van der Waals surface area (Å²) < 4.78 is 31.5. The molecule has 0 saturated heterocycles. The van der Waals surface area contributed by atoms with Crippen LogP contribution in [0.4, 0.5) is 22.0 Å². The Hall–Kier alpha value is -3.60. The highest BCUT2D eigenvalue weighted by Crippen LogP contribution is 2.40. The van der Waals surface area contributed by atoms with Crippen LogP contribution >= 0.6 is 11.3 Å². The van der Waals surface area contributed by atoms with E-state index in [1.165, 1.54) is 49.5 Å². The number of anilines is 3. The second-order valence-corrected chi connectivity index (χ2v) is 6.86. The number of rotatable bonds is 6. The van der Waals surface area contributed by atoms with Gasteiger partial charge in [-0.25, -0.2) is 9.37 Å². The highest BCUT2D eigenvalue weighted by Gasteiger charge is 2.17. The highest BCUT2D eigenvalue weighted by molar-refractivity contribution is 7.20. The summed E-state index contributed by atoms with van der Waals surface area (Å²) in [5, 5.41) is 7.89. The molecule has 3 N–H and O–H groups in total. The fraction of sp³-hybridized carbons (Fsp3) is 0.167. The molecule has 2 aromatic carbocycles. The van der Waals surface area contributed by atoms with E-state index < -0.39 is 0 Å². The first-order valence-electron chi connectivity index (χ1n) is 8.38. The number of hydrogen-bond donors (Lipinski definition) is 2. The highest BCUT2D eigenvalue weighted by atomic mass is 32.1. The van der Waals surface area contributed by atoms with Gasteiger partial charge in [0.05, 0.1) is 31.5 Å². The van der Waals surface area contributed by atoms with Crippen molar-refractivity contribution in [1.82, 2.24) is 19.7 Å². The second-order valence-electron chi connectivity index (χ2n) is 5.85. The Morgan fingerprint density at radius 3 is 2.41 bits per heavy atom. The maximum Gasteiger partial charge on any atom is 0.248 e. The molecule has 4 rings (SSSR count). The molecule has 0 unspecified atom stereocenters. The van der Waals surface area contributed by atoms with Crippen LogP contribution in [-0.4, -0.2) is 41.1 Å². The molecule has 0 atom stereocenters. The number of halogens is 1. The van der Waals surface area contributed by atoms with Crippen molar-refractivity contribution in [3.63, 3.8) is 0 Å². The topological polar surface area (TPSA) is 109 Å². The van der Waals surface area contributed by atoms with E-state index in [-0.39, 0.29) is 17.7 Å². The van der Waals surface area contributed by atoms with Crippen LogP contribution in [-0.2, 0) is 0 Å². The van der Waals surface area contributed by atoms with Crippen LogP contribution in [0.5, 0.6) is 17.2 Å². The number of thiazole rings is 1. The summed E-state index contributed by atoms with van der Waals surface area (Å²) in [5.41, 5.74) is 7.28. The fourth-order valence-electron chi connectivity index (χ4n) is 2.78. The normalized spacial score (nSPS) is 10.9. The summed E-state index contributed by atoms with van der Waals surface area (Å²) >= 11 is 1.26. The molecule has 0 amide bonds. The molecule has 0 radical (unpaired) electrons. The van der Waals surface area contributed by atoms with Crippen LogP contribution in [0, 0.1) is 5.82 Å².